The fourth-order valence-corrected chi connectivity index (χ4v) is 3.67. The molecule has 2 heterocycles. The van der Waals surface area contributed by atoms with E-state index in [9.17, 15) is 9.90 Å². The van der Waals surface area contributed by atoms with Crippen molar-refractivity contribution in [3.8, 4) is 5.69 Å². The highest BCUT2D eigenvalue weighted by molar-refractivity contribution is 5.94. The van der Waals surface area contributed by atoms with Crippen LogP contribution in [0.15, 0.2) is 73.1 Å². The minimum Gasteiger partial charge on any atom is -0.385 e. The second kappa shape index (κ2) is 8.19. The highest BCUT2D eigenvalue weighted by Crippen LogP contribution is 2.28. The van der Waals surface area contributed by atoms with Crippen LogP contribution in [0.25, 0.3) is 5.69 Å². The molecule has 3 aromatic rings. The van der Waals surface area contributed by atoms with Crippen LogP contribution in [0.5, 0.6) is 0 Å². The normalized spacial score (nSPS) is 21.2. The molecule has 1 saturated heterocycles. The summed E-state index contributed by atoms with van der Waals surface area (Å²) in [5.74, 6) is -0.117. The maximum atomic E-state index is 13.3. The standard InChI is InChI=1S/C23H25N3O3/c1-18-23(28,12-15-29-18)17-25(16-19-6-3-2-4-7-19)22(27)20-8-10-21(11-9-20)26-14-5-13-24-26/h2-11,13-14,18,28H,12,15-17H2,1H3/t18-,23+/m1/s1. The number of aromatic nitrogens is 2. The van der Waals surface area contributed by atoms with E-state index in [-0.39, 0.29) is 18.6 Å². The quantitative estimate of drug-likeness (QED) is 0.701. The summed E-state index contributed by atoms with van der Waals surface area (Å²) in [6.45, 7) is 3.01. The van der Waals surface area contributed by atoms with Gasteiger partial charge < -0.3 is 14.7 Å². The number of carbonyl (C=O) groups excluding carboxylic acids is 1. The van der Waals surface area contributed by atoms with Gasteiger partial charge in [0.05, 0.1) is 18.3 Å². The van der Waals surface area contributed by atoms with Gasteiger partial charge in [-0.1, -0.05) is 30.3 Å². The number of aliphatic hydroxyl groups is 1. The Labute approximate surface area is 170 Å². The number of benzene rings is 2. The lowest BCUT2D eigenvalue weighted by Crippen LogP contribution is -2.49. The Kier molecular flexibility index (Phi) is 5.47. The van der Waals surface area contributed by atoms with Crippen LogP contribution >= 0.6 is 0 Å². The summed E-state index contributed by atoms with van der Waals surface area (Å²) >= 11 is 0. The van der Waals surface area contributed by atoms with E-state index >= 15 is 0 Å². The molecule has 29 heavy (non-hydrogen) atoms. The van der Waals surface area contributed by atoms with E-state index in [4.69, 9.17) is 4.74 Å². The molecule has 0 radical (unpaired) electrons. The van der Waals surface area contributed by atoms with Gasteiger partial charge in [0.25, 0.3) is 5.91 Å². The zero-order valence-corrected chi connectivity index (χ0v) is 16.4. The summed E-state index contributed by atoms with van der Waals surface area (Å²) in [7, 11) is 0. The third-order valence-electron chi connectivity index (χ3n) is 5.51. The molecule has 2 aromatic carbocycles. The minimum atomic E-state index is -1.04. The van der Waals surface area contributed by atoms with Crippen molar-refractivity contribution in [2.75, 3.05) is 13.2 Å². The summed E-state index contributed by atoms with van der Waals surface area (Å²) in [6, 6.07) is 19.0. The summed E-state index contributed by atoms with van der Waals surface area (Å²) in [5, 5.41) is 15.3. The van der Waals surface area contributed by atoms with Crippen LogP contribution in [-0.2, 0) is 11.3 Å². The highest BCUT2D eigenvalue weighted by Gasteiger charge is 2.42. The predicted octanol–water partition coefficient (Wildman–Crippen LogP) is 3.05. The molecule has 1 fully saturated rings. The molecule has 1 aromatic heterocycles. The zero-order valence-electron chi connectivity index (χ0n) is 16.4. The van der Waals surface area contributed by atoms with Crippen molar-refractivity contribution in [1.29, 1.82) is 0 Å². The minimum absolute atomic E-state index is 0.117. The predicted molar refractivity (Wildman–Crippen MR) is 110 cm³/mol. The van der Waals surface area contributed by atoms with Gasteiger partial charge in [0.15, 0.2) is 0 Å². The Morgan fingerprint density at radius 3 is 2.59 bits per heavy atom. The molecule has 1 aliphatic heterocycles. The summed E-state index contributed by atoms with van der Waals surface area (Å²) < 4.78 is 7.31. The van der Waals surface area contributed by atoms with Crippen molar-refractivity contribution in [2.24, 2.45) is 0 Å². The first-order chi connectivity index (χ1) is 14.0. The van der Waals surface area contributed by atoms with Gasteiger partial charge in [-0.3, -0.25) is 4.79 Å². The molecule has 6 nitrogen and oxygen atoms in total. The van der Waals surface area contributed by atoms with Crippen molar-refractivity contribution >= 4 is 5.91 Å². The van der Waals surface area contributed by atoms with Gasteiger partial charge in [0.1, 0.15) is 5.60 Å². The van der Waals surface area contributed by atoms with Crippen molar-refractivity contribution in [3.63, 3.8) is 0 Å². The topological polar surface area (TPSA) is 67.6 Å². The second-order valence-corrected chi connectivity index (χ2v) is 7.51. The first kappa shape index (κ1) is 19.4. The molecule has 0 bridgehead atoms. The van der Waals surface area contributed by atoms with E-state index in [1.807, 2.05) is 61.7 Å². The Balaban J connectivity index is 1.58. The number of nitrogens with zero attached hydrogens (tertiary/aromatic N) is 3. The van der Waals surface area contributed by atoms with Crippen molar-refractivity contribution in [1.82, 2.24) is 14.7 Å². The van der Waals surface area contributed by atoms with Crippen LogP contribution in [-0.4, -0.2) is 50.6 Å². The molecule has 0 aliphatic carbocycles. The molecule has 1 amide bonds. The number of hydrogen-bond acceptors (Lipinski definition) is 4. The monoisotopic (exact) mass is 391 g/mol. The van der Waals surface area contributed by atoms with E-state index in [2.05, 4.69) is 5.10 Å². The molecule has 1 aliphatic rings. The average Bonchev–Trinajstić information content (AvgIpc) is 3.39. The maximum Gasteiger partial charge on any atom is 0.254 e. The lowest BCUT2D eigenvalue weighted by atomic mass is 9.95. The van der Waals surface area contributed by atoms with Gasteiger partial charge in [0, 0.05) is 37.5 Å². The number of carbonyl (C=O) groups is 1. The Morgan fingerprint density at radius 2 is 1.97 bits per heavy atom. The maximum absolute atomic E-state index is 13.3. The molecular weight excluding hydrogens is 366 g/mol. The van der Waals surface area contributed by atoms with Crippen LogP contribution in [0, 0.1) is 0 Å². The molecule has 6 heteroatoms. The third-order valence-corrected chi connectivity index (χ3v) is 5.51. The first-order valence-electron chi connectivity index (χ1n) is 9.82. The molecule has 0 spiro atoms. The Hall–Kier alpha value is -2.96. The van der Waals surface area contributed by atoms with E-state index in [0.29, 0.717) is 25.1 Å². The molecule has 4 rings (SSSR count). The van der Waals surface area contributed by atoms with Gasteiger partial charge in [-0.25, -0.2) is 4.68 Å². The number of rotatable bonds is 6. The van der Waals surface area contributed by atoms with Crippen LogP contribution < -0.4 is 0 Å². The number of amides is 1. The summed E-state index contributed by atoms with van der Waals surface area (Å²) in [4.78, 5) is 15.0. The Morgan fingerprint density at radius 1 is 1.21 bits per heavy atom. The molecule has 2 atom stereocenters. The fourth-order valence-electron chi connectivity index (χ4n) is 3.67. The average molecular weight is 391 g/mol. The lowest BCUT2D eigenvalue weighted by Gasteiger charge is -2.33. The largest absolute Gasteiger partial charge is 0.385 e. The van der Waals surface area contributed by atoms with Gasteiger partial charge in [-0.15, -0.1) is 0 Å². The van der Waals surface area contributed by atoms with Gasteiger partial charge in [-0.2, -0.15) is 5.10 Å². The van der Waals surface area contributed by atoms with E-state index in [0.717, 1.165) is 11.3 Å². The highest BCUT2D eigenvalue weighted by atomic mass is 16.5. The van der Waals surface area contributed by atoms with Crippen molar-refractivity contribution in [2.45, 2.75) is 31.6 Å². The van der Waals surface area contributed by atoms with E-state index < -0.39 is 5.60 Å². The van der Waals surface area contributed by atoms with Crippen LogP contribution in [0.2, 0.25) is 0 Å². The fraction of sp³-hybridized carbons (Fsp3) is 0.304. The molecule has 1 N–H and O–H groups in total. The number of ether oxygens (including phenoxy) is 1. The smallest absolute Gasteiger partial charge is 0.254 e. The first-order valence-corrected chi connectivity index (χ1v) is 9.82. The third kappa shape index (κ3) is 4.23. The van der Waals surface area contributed by atoms with Crippen molar-refractivity contribution < 1.29 is 14.6 Å². The van der Waals surface area contributed by atoms with Gasteiger partial charge in [0.2, 0.25) is 0 Å². The van der Waals surface area contributed by atoms with E-state index in [1.165, 1.54) is 0 Å². The van der Waals surface area contributed by atoms with Crippen LogP contribution in [0.4, 0.5) is 0 Å². The molecular formula is C23H25N3O3. The zero-order chi connectivity index (χ0) is 20.3. The Bertz CT molecular complexity index is 941. The molecule has 0 saturated carbocycles. The number of hydrogen-bond donors (Lipinski definition) is 1. The summed E-state index contributed by atoms with van der Waals surface area (Å²) in [5.41, 5.74) is 1.44. The second-order valence-electron chi connectivity index (χ2n) is 7.51. The lowest BCUT2D eigenvalue weighted by molar-refractivity contribution is -0.0458. The SMILES string of the molecule is C[C@H]1OCC[C@]1(O)CN(Cc1ccccc1)C(=O)c1ccc(-n2cccn2)cc1. The van der Waals surface area contributed by atoms with Crippen LogP contribution in [0.3, 0.4) is 0 Å². The molecule has 150 valence electrons. The van der Waals surface area contributed by atoms with E-state index in [1.54, 1.807) is 27.9 Å². The van der Waals surface area contributed by atoms with Gasteiger partial charge in [-0.05, 0) is 42.8 Å². The van der Waals surface area contributed by atoms with Gasteiger partial charge >= 0.3 is 0 Å². The summed E-state index contributed by atoms with van der Waals surface area (Å²) in [6.07, 6.45) is 3.78. The van der Waals surface area contributed by atoms with Crippen LogP contribution in [0.1, 0.15) is 29.3 Å². The molecule has 0 unspecified atom stereocenters. The van der Waals surface area contributed by atoms with Crippen molar-refractivity contribution in [3.05, 3.63) is 84.2 Å².